The number of carbonyl (C=O) groups is 2. The van der Waals surface area contributed by atoms with Crippen LogP contribution in [-0.4, -0.2) is 67.9 Å². The predicted octanol–water partition coefficient (Wildman–Crippen LogP) is 1.51. The van der Waals surface area contributed by atoms with Gasteiger partial charge in [-0.2, -0.15) is 0 Å². The Morgan fingerprint density at radius 1 is 1.24 bits per heavy atom. The Kier molecular flexibility index (Phi) is 7.41. The first-order valence-corrected chi connectivity index (χ1v) is 11.9. The average Bonchev–Trinajstić information content (AvgIpc) is 3.53. The highest BCUT2D eigenvalue weighted by atomic mass is 19.3. The standard InChI is InChI=1S/C24H30F2N8O3/c1-14(2)7-10-33-24(37)21(15(3)31(33)4)23(36)29-16-8-9-32(13-16)20-6-5-19-27-11-17(34(19)30-20)22(35)28-12-18(25)26/h5-7,11,16,18H,8-10,12-13H2,1-4H3,(H,28,35)(H,29,36)/t16-/m0/s1. The summed E-state index contributed by atoms with van der Waals surface area (Å²) in [6.07, 6.45) is 1.18. The van der Waals surface area contributed by atoms with E-state index < -0.39 is 24.8 Å². The number of imidazole rings is 1. The van der Waals surface area contributed by atoms with Crippen molar-refractivity contribution >= 4 is 23.3 Å². The molecular formula is C24H30F2N8O3. The largest absolute Gasteiger partial charge is 0.353 e. The van der Waals surface area contributed by atoms with Crippen LogP contribution >= 0.6 is 0 Å². The molecule has 198 valence electrons. The first-order valence-electron chi connectivity index (χ1n) is 11.9. The maximum Gasteiger partial charge on any atom is 0.280 e. The van der Waals surface area contributed by atoms with Crippen molar-refractivity contribution in [2.24, 2.45) is 7.05 Å². The maximum absolute atomic E-state index is 13.1. The van der Waals surface area contributed by atoms with Crippen molar-refractivity contribution < 1.29 is 18.4 Å². The van der Waals surface area contributed by atoms with Gasteiger partial charge in [-0.05, 0) is 39.3 Å². The van der Waals surface area contributed by atoms with E-state index in [0.29, 0.717) is 43.2 Å². The van der Waals surface area contributed by atoms with Gasteiger partial charge >= 0.3 is 0 Å². The molecule has 1 atom stereocenters. The van der Waals surface area contributed by atoms with Crippen LogP contribution in [0.3, 0.4) is 0 Å². The zero-order valence-corrected chi connectivity index (χ0v) is 21.2. The van der Waals surface area contributed by atoms with Gasteiger partial charge in [0.25, 0.3) is 23.8 Å². The summed E-state index contributed by atoms with van der Waals surface area (Å²) in [6.45, 7) is 6.29. The summed E-state index contributed by atoms with van der Waals surface area (Å²) in [7, 11) is 1.75. The first kappa shape index (κ1) is 26.0. The molecule has 0 saturated carbocycles. The third-order valence-electron chi connectivity index (χ3n) is 6.40. The summed E-state index contributed by atoms with van der Waals surface area (Å²) in [4.78, 5) is 44.3. The molecule has 3 aromatic heterocycles. The van der Waals surface area contributed by atoms with E-state index in [0.717, 1.165) is 5.57 Å². The zero-order valence-electron chi connectivity index (χ0n) is 21.2. The number of hydrogen-bond acceptors (Lipinski definition) is 6. The van der Waals surface area contributed by atoms with Crippen molar-refractivity contribution in [3.8, 4) is 0 Å². The van der Waals surface area contributed by atoms with Crippen LogP contribution in [0.4, 0.5) is 14.6 Å². The van der Waals surface area contributed by atoms with Crippen molar-refractivity contribution in [2.75, 3.05) is 24.5 Å². The molecule has 1 aliphatic heterocycles. The molecule has 13 heteroatoms. The van der Waals surface area contributed by atoms with Crippen LogP contribution in [0.1, 0.15) is 46.8 Å². The number of anilines is 1. The van der Waals surface area contributed by atoms with Crippen LogP contribution in [0.15, 0.2) is 34.8 Å². The molecule has 4 heterocycles. The number of allylic oxidation sites excluding steroid dienone is 2. The van der Waals surface area contributed by atoms with Gasteiger partial charge in [0, 0.05) is 31.9 Å². The van der Waals surface area contributed by atoms with Crippen molar-refractivity contribution in [3.63, 3.8) is 0 Å². The van der Waals surface area contributed by atoms with Crippen molar-refractivity contribution in [1.82, 2.24) is 34.6 Å². The van der Waals surface area contributed by atoms with Gasteiger partial charge in [-0.1, -0.05) is 11.6 Å². The fourth-order valence-electron chi connectivity index (χ4n) is 4.29. The quantitative estimate of drug-likeness (QED) is 0.438. The molecule has 11 nitrogen and oxygen atoms in total. The lowest BCUT2D eigenvalue weighted by Gasteiger charge is -2.18. The highest BCUT2D eigenvalue weighted by Gasteiger charge is 2.29. The van der Waals surface area contributed by atoms with Gasteiger partial charge in [-0.15, -0.1) is 5.10 Å². The topological polar surface area (TPSA) is 119 Å². The predicted molar refractivity (Wildman–Crippen MR) is 133 cm³/mol. The summed E-state index contributed by atoms with van der Waals surface area (Å²) >= 11 is 0. The third-order valence-corrected chi connectivity index (χ3v) is 6.40. The molecule has 0 radical (unpaired) electrons. The average molecular weight is 517 g/mol. The van der Waals surface area contributed by atoms with E-state index in [1.807, 2.05) is 24.8 Å². The molecule has 0 bridgehead atoms. The van der Waals surface area contributed by atoms with Gasteiger partial charge in [0.2, 0.25) is 0 Å². The summed E-state index contributed by atoms with van der Waals surface area (Å²) < 4.78 is 29.5. The fraction of sp³-hybridized carbons (Fsp3) is 0.458. The second kappa shape index (κ2) is 10.5. The molecule has 0 aromatic carbocycles. The molecule has 3 aromatic rings. The number of hydrogen-bond donors (Lipinski definition) is 2. The summed E-state index contributed by atoms with van der Waals surface area (Å²) in [6, 6.07) is 3.21. The van der Waals surface area contributed by atoms with E-state index in [2.05, 4.69) is 20.7 Å². The number of halogens is 2. The fourth-order valence-corrected chi connectivity index (χ4v) is 4.29. The Morgan fingerprint density at radius 3 is 2.70 bits per heavy atom. The molecular weight excluding hydrogens is 486 g/mol. The Morgan fingerprint density at radius 2 is 2.00 bits per heavy atom. The van der Waals surface area contributed by atoms with Gasteiger partial charge in [0.05, 0.1) is 19.3 Å². The van der Waals surface area contributed by atoms with Gasteiger partial charge in [-0.25, -0.2) is 23.0 Å². The number of amides is 2. The smallest absolute Gasteiger partial charge is 0.280 e. The zero-order chi connectivity index (χ0) is 26.9. The van der Waals surface area contributed by atoms with Crippen molar-refractivity contribution in [2.45, 2.75) is 46.2 Å². The Labute approximate surface area is 211 Å². The molecule has 1 saturated heterocycles. The second-order valence-electron chi connectivity index (χ2n) is 9.26. The summed E-state index contributed by atoms with van der Waals surface area (Å²) in [5.41, 5.74) is 1.90. The van der Waals surface area contributed by atoms with Crippen LogP contribution in [0.5, 0.6) is 0 Å². The van der Waals surface area contributed by atoms with Crippen molar-refractivity contribution in [3.05, 3.63) is 57.3 Å². The van der Waals surface area contributed by atoms with E-state index in [-0.39, 0.29) is 22.9 Å². The van der Waals surface area contributed by atoms with Crippen molar-refractivity contribution in [1.29, 1.82) is 0 Å². The van der Waals surface area contributed by atoms with Crippen LogP contribution in [0.2, 0.25) is 0 Å². The maximum atomic E-state index is 13.1. The van der Waals surface area contributed by atoms with Crippen LogP contribution in [0.25, 0.3) is 5.65 Å². The number of fused-ring (bicyclic) bond motifs is 1. The number of carbonyl (C=O) groups excluding carboxylic acids is 2. The molecule has 0 spiro atoms. The van der Waals surface area contributed by atoms with Crippen LogP contribution < -0.4 is 21.1 Å². The number of alkyl halides is 2. The normalized spacial score (nSPS) is 15.4. The Bertz CT molecular complexity index is 1420. The lowest BCUT2D eigenvalue weighted by Crippen LogP contribution is -2.39. The first-order chi connectivity index (χ1) is 17.6. The van der Waals surface area contributed by atoms with Gasteiger partial charge < -0.3 is 15.5 Å². The molecule has 2 N–H and O–H groups in total. The van der Waals surface area contributed by atoms with Gasteiger partial charge in [0.15, 0.2) is 11.3 Å². The summed E-state index contributed by atoms with van der Waals surface area (Å²) in [5.74, 6) is -0.570. The molecule has 2 amide bonds. The Hall–Kier alpha value is -4.03. The monoisotopic (exact) mass is 516 g/mol. The summed E-state index contributed by atoms with van der Waals surface area (Å²) in [5, 5.41) is 9.59. The van der Waals surface area contributed by atoms with E-state index >= 15 is 0 Å². The number of rotatable bonds is 8. The molecule has 1 fully saturated rings. The number of nitrogens with one attached hydrogen (secondary N) is 2. The highest BCUT2D eigenvalue weighted by molar-refractivity contribution is 5.95. The lowest BCUT2D eigenvalue weighted by atomic mass is 10.2. The molecule has 1 aliphatic rings. The van der Waals surface area contributed by atoms with E-state index in [9.17, 15) is 23.2 Å². The second-order valence-corrected chi connectivity index (χ2v) is 9.26. The minimum atomic E-state index is -2.66. The Balaban J connectivity index is 1.47. The number of aromatic nitrogens is 5. The van der Waals surface area contributed by atoms with Crippen LogP contribution in [0, 0.1) is 6.92 Å². The van der Waals surface area contributed by atoms with E-state index in [1.54, 1.807) is 30.8 Å². The number of nitrogens with zero attached hydrogens (tertiary/aromatic N) is 6. The van der Waals surface area contributed by atoms with Crippen LogP contribution in [-0.2, 0) is 13.6 Å². The van der Waals surface area contributed by atoms with Gasteiger partial charge in [0.1, 0.15) is 11.4 Å². The SMILES string of the molecule is CC(C)=CCn1c(=O)c(C(=O)N[C@H]2CCN(c3ccc4ncc(C(=O)NCC(F)F)n4n3)C2)c(C)n1C. The van der Waals surface area contributed by atoms with E-state index in [1.165, 1.54) is 15.4 Å². The minimum Gasteiger partial charge on any atom is -0.353 e. The molecule has 4 rings (SSSR count). The third kappa shape index (κ3) is 5.39. The molecule has 0 unspecified atom stereocenters. The van der Waals surface area contributed by atoms with E-state index in [4.69, 9.17) is 0 Å². The minimum absolute atomic E-state index is 0.0468. The molecule has 37 heavy (non-hydrogen) atoms. The lowest BCUT2D eigenvalue weighted by molar-refractivity contribution is 0.0884. The molecule has 0 aliphatic carbocycles. The highest BCUT2D eigenvalue weighted by Crippen LogP contribution is 2.20. The van der Waals surface area contributed by atoms with Gasteiger partial charge in [-0.3, -0.25) is 19.1 Å².